The average Bonchev–Trinajstić information content (AvgIpc) is 2.70. The highest BCUT2D eigenvalue weighted by Crippen LogP contribution is 2.11. The summed E-state index contributed by atoms with van der Waals surface area (Å²) in [4.78, 5) is 4.21. The lowest BCUT2D eigenvalue weighted by Crippen LogP contribution is -2.38. The van der Waals surface area contributed by atoms with Crippen molar-refractivity contribution in [1.29, 1.82) is 0 Å². The van der Waals surface area contributed by atoms with Crippen molar-refractivity contribution in [3.8, 4) is 0 Å². The minimum atomic E-state index is -0.799. The van der Waals surface area contributed by atoms with Gasteiger partial charge in [-0.3, -0.25) is 4.99 Å². The second-order valence-corrected chi connectivity index (χ2v) is 4.12. The van der Waals surface area contributed by atoms with Gasteiger partial charge in [0.05, 0.1) is 6.54 Å². The topological polar surface area (TPSA) is 36.4 Å². The van der Waals surface area contributed by atoms with Crippen LogP contribution in [0.5, 0.6) is 0 Å². The quantitative estimate of drug-likeness (QED) is 0.837. The summed E-state index contributed by atoms with van der Waals surface area (Å²) in [7, 11) is 0. The molecule has 2 N–H and O–H groups in total. The maximum atomic E-state index is 13.3. The molecule has 0 amide bonds. The van der Waals surface area contributed by atoms with E-state index in [0.717, 1.165) is 18.6 Å². The van der Waals surface area contributed by atoms with Crippen LogP contribution in [0.4, 0.5) is 8.78 Å². The molecule has 0 bridgehead atoms. The fourth-order valence-electron chi connectivity index (χ4n) is 1.72. The molecule has 0 aliphatic carbocycles. The molecule has 0 radical (unpaired) electrons. The number of nitrogens with one attached hydrogen (secondary N) is 2. The molecule has 1 aromatic carbocycles. The minimum absolute atomic E-state index is 0.336. The maximum Gasteiger partial charge on any atom is 0.191 e. The Kier molecular flexibility index (Phi) is 3.56. The van der Waals surface area contributed by atoms with Crippen LogP contribution in [0.25, 0.3) is 0 Å². The first-order chi connectivity index (χ1) is 8.16. The van der Waals surface area contributed by atoms with Gasteiger partial charge in [-0.25, -0.2) is 8.78 Å². The van der Waals surface area contributed by atoms with Crippen molar-refractivity contribution in [3.05, 3.63) is 35.4 Å². The zero-order valence-electron chi connectivity index (χ0n) is 9.63. The van der Waals surface area contributed by atoms with E-state index in [1.165, 1.54) is 6.07 Å². The molecule has 1 heterocycles. The number of aliphatic imine (C=N–C) groups is 1. The summed E-state index contributed by atoms with van der Waals surface area (Å²) in [6.07, 6.45) is 0.429. The Morgan fingerprint density at radius 1 is 1.47 bits per heavy atom. The summed E-state index contributed by atoms with van der Waals surface area (Å²) in [6.45, 7) is 3.31. The zero-order chi connectivity index (χ0) is 12.3. The number of halogens is 2. The van der Waals surface area contributed by atoms with E-state index in [4.69, 9.17) is 0 Å². The molecule has 1 atom stereocenters. The van der Waals surface area contributed by atoms with E-state index in [1.54, 1.807) is 6.07 Å². The number of hydrogen-bond donors (Lipinski definition) is 2. The molecule has 2 rings (SSSR count). The van der Waals surface area contributed by atoms with Crippen LogP contribution < -0.4 is 10.6 Å². The fourth-order valence-corrected chi connectivity index (χ4v) is 1.72. The summed E-state index contributed by atoms with van der Waals surface area (Å²) >= 11 is 0. The Morgan fingerprint density at radius 2 is 2.29 bits per heavy atom. The van der Waals surface area contributed by atoms with Crippen LogP contribution in [-0.4, -0.2) is 25.1 Å². The van der Waals surface area contributed by atoms with Gasteiger partial charge in [0.1, 0.15) is 0 Å². The van der Waals surface area contributed by atoms with Crippen LogP contribution in [0.3, 0.4) is 0 Å². The van der Waals surface area contributed by atoms with E-state index >= 15 is 0 Å². The molecule has 0 saturated heterocycles. The van der Waals surface area contributed by atoms with E-state index < -0.39 is 11.6 Å². The van der Waals surface area contributed by atoms with Crippen molar-refractivity contribution in [2.45, 2.75) is 19.4 Å². The van der Waals surface area contributed by atoms with Crippen LogP contribution >= 0.6 is 0 Å². The zero-order valence-corrected chi connectivity index (χ0v) is 9.63. The van der Waals surface area contributed by atoms with Crippen molar-refractivity contribution >= 4 is 5.96 Å². The summed E-state index contributed by atoms with van der Waals surface area (Å²) in [5.74, 6) is -0.828. The first kappa shape index (κ1) is 11.8. The average molecular weight is 239 g/mol. The minimum Gasteiger partial charge on any atom is -0.356 e. The van der Waals surface area contributed by atoms with Crippen LogP contribution in [0.1, 0.15) is 12.5 Å². The van der Waals surface area contributed by atoms with Gasteiger partial charge in [-0.15, -0.1) is 0 Å². The molecule has 0 aromatic heterocycles. The predicted octanol–water partition coefficient (Wildman–Crippen LogP) is 1.44. The van der Waals surface area contributed by atoms with Gasteiger partial charge in [0, 0.05) is 12.6 Å². The van der Waals surface area contributed by atoms with Crippen molar-refractivity contribution in [3.63, 3.8) is 0 Å². The van der Waals surface area contributed by atoms with E-state index in [-0.39, 0.29) is 0 Å². The van der Waals surface area contributed by atoms with Crippen molar-refractivity contribution in [2.24, 2.45) is 4.99 Å². The molecule has 5 heteroatoms. The Labute approximate surface area is 98.9 Å². The van der Waals surface area contributed by atoms with Gasteiger partial charge in [0.2, 0.25) is 0 Å². The Balaban J connectivity index is 1.84. The number of nitrogens with zero attached hydrogens (tertiary/aromatic N) is 1. The summed E-state index contributed by atoms with van der Waals surface area (Å²) in [6, 6.07) is 4.56. The third-order valence-corrected chi connectivity index (χ3v) is 2.62. The third kappa shape index (κ3) is 2.93. The first-order valence-corrected chi connectivity index (χ1v) is 5.64. The predicted molar refractivity (Wildman–Crippen MR) is 63.0 cm³/mol. The lowest BCUT2D eigenvalue weighted by atomic mass is 10.1. The first-order valence-electron chi connectivity index (χ1n) is 5.64. The molecular formula is C12H15F2N3. The van der Waals surface area contributed by atoms with Gasteiger partial charge >= 0.3 is 0 Å². The largest absolute Gasteiger partial charge is 0.356 e. The molecule has 1 aromatic rings. The van der Waals surface area contributed by atoms with Crippen molar-refractivity contribution in [1.82, 2.24) is 10.6 Å². The van der Waals surface area contributed by atoms with Gasteiger partial charge in [0.25, 0.3) is 0 Å². The molecular weight excluding hydrogens is 224 g/mol. The summed E-state index contributed by atoms with van der Waals surface area (Å²) < 4.78 is 26.2. The fraction of sp³-hybridized carbons (Fsp3) is 0.417. The van der Waals surface area contributed by atoms with Crippen LogP contribution in [0.15, 0.2) is 23.2 Å². The highest BCUT2D eigenvalue weighted by Gasteiger charge is 2.12. The molecule has 1 aliphatic heterocycles. The van der Waals surface area contributed by atoms with Crippen molar-refractivity contribution < 1.29 is 8.78 Å². The molecule has 0 saturated carbocycles. The molecule has 0 spiro atoms. The standard InChI is InChI=1S/C12H15F2N3/c1-8-7-16-12(17-8)15-6-5-9-3-2-4-10(13)11(9)14/h2-4,8H,5-7H2,1H3,(H2,15,16,17). The monoisotopic (exact) mass is 239 g/mol. The van der Waals surface area contributed by atoms with Gasteiger partial charge in [-0.1, -0.05) is 12.1 Å². The van der Waals surface area contributed by atoms with E-state index in [1.807, 2.05) is 6.92 Å². The second-order valence-electron chi connectivity index (χ2n) is 4.12. The third-order valence-electron chi connectivity index (χ3n) is 2.62. The molecule has 92 valence electrons. The molecule has 1 aliphatic rings. The number of rotatable bonds is 3. The summed E-state index contributed by atoms with van der Waals surface area (Å²) in [5, 5.41) is 6.19. The number of benzene rings is 1. The maximum absolute atomic E-state index is 13.3. The SMILES string of the molecule is CC1CN=C(NCCc2cccc(F)c2F)N1. The highest BCUT2D eigenvalue weighted by atomic mass is 19.2. The normalized spacial score (nSPS) is 18.8. The van der Waals surface area contributed by atoms with Crippen molar-refractivity contribution in [2.75, 3.05) is 13.1 Å². The van der Waals surface area contributed by atoms with E-state index in [2.05, 4.69) is 15.6 Å². The van der Waals surface area contributed by atoms with Crippen LogP contribution in [0, 0.1) is 11.6 Å². The molecule has 0 fully saturated rings. The highest BCUT2D eigenvalue weighted by molar-refractivity contribution is 5.81. The van der Waals surface area contributed by atoms with Gasteiger partial charge in [0.15, 0.2) is 17.6 Å². The van der Waals surface area contributed by atoms with Crippen LogP contribution in [0.2, 0.25) is 0 Å². The number of hydrogen-bond acceptors (Lipinski definition) is 3. The summed E-state index contributed by atoms with van der Waals surface area (Å²) in [5.41, 5.74) is 0.379. The number of guanidine groups is 1. The lowest BCUT2D eigenvalue weighted by molar-refractivity contribution is 0.498. The van der Waals surface area contributed by atoms with Gasteiger partial charge in [-0.2, -0.15) is 0 Å². The molecule has 1 unspecified atom stereocenters. The van der Waals surface area contributed by atoms with E-state index in [9.17, 15) is 8.78 Å². The van der Waals surface area contributed by atoms with Crippen LogP contribution in [-0.2, 0) is 6.42 Å². The van der Waals surface area contributed by atoms with Gasteiger partial charge < -0.3 is 10.6 Å². The Morgan fingerprint density at radius 3 is 3.00 bits per heavy atom. The Bertz CT molecular complexity index is 432. The smallest absolute Gasteiger partial charge is 0.191 e. The van der Waals surface area contributed by atoms with Gasteiger partial charge in [-0.05, 0) is 25.0 Å². The second kappa shape index (κ2) is 5.12. The molecule has 3 nitrogen and oxygen atoms in total. The molecule has 17 heavy (non-hydrogen) atoms. The lowest BCUT2D eigenvalue weighted by Gasteiger charge is -2.09. The van der Waals surface area contributed by atoms with E-state index in [0.29, 0.717) is 24.6 Å². The Hall–Kier alpha value is -1.65.